The van der Waals surface area contributed by atoms with Crippen LogP contribution < -0.4 is 14.9 Å². The third-order valence-electron chi connectivity index (χ3n) is 3.72. The molecule has 0 aliphatic heterocycles. The second kappa shape index (κ2) is 6.64. The predicted octanol–water partition coefficient (Wildman–Crippen LogP) is 3.25. The molecule has 2 aromatic carbocycles. The van der Waals surface area contributed by atoms with Crippen LogP contribution in [0, 0.1) is 5.82 Å². The highest BCUT2D eigenvalue weighted by Gasteiger charge is 2.15. The minimum absolute atomic E-state index is 0.0484. The van der Waals surface area contributed by atoms with Gasteiger partial charge in [0.05, 0.1) is 24.2 Å². The number of aromatic nitrogens is 1. The van der Waals surface area contributed by atoms with Gasteiger partial charge in [0.15, 0.2) is 5.75 Å². The Morgan fingerprint density at radius 2 is 1.92 bits per heavy atom. The molecule has 0 aliphatic carbocycles. The molecule has 0 saturated heterocycles. The maximum absolute atomic E-state index is 14.3. The van der Waals surface area contributed by atoms with Crippen molar-refractivity contribution in [3.63, 3.8) is 0 Å². The molecular weight excluding hydrogens is 329 g/mol. The Morgan fingerprint density at radius 3 is 2.56 bits per heavy atom. The number of pyridine rings is 1. The van der Waals surface area contributed by atoms with Gasteiger partial charge in [0.1, 0.15) is 11.6 Å². The summed E-state index contributed by atoms with van der Waals surface area (Å²) < 4.78 is 25.4. The second-order valence-corrected chi connectivity index (χ2v) is 5.30. The summed E-state index contributed by atoms with van der Waals surface area (Å²) in [5.41, 5.74) is 0.221. The van der Waals surface area contributed by atoms with Crippen LogP contribution in [-0.2, 0) is 6.54 Å². The van der Waals surface area contributed by atoms with Gasteiger partial charge in [-0.05, 0) is 29.8 Å². The number of fused-ring (bicyclic) bond motifs is 1. The number of hydrogen-bond donors (Lipinski definition) is 1. The van der Waals surface area contributed by atoms with Gasteiger partial charge in [-0.1, -0.05) is 18.2 Å². The number of rotatable bonds is 4. The van der Waals surface area contributed by atoms with Crippen molar-refractivity contribution in [2.45, 2.75) is 6.54 Å². The van der Waals surface area contributed by atoms with Gasteiger partial charge >= 0.3 is 6.16 Å². The molecule has 0 spiro atoms. The van der Waals surface area contributed by atoms with Gasteiger partial charge in [0.2, 0.25) is 5.43 Å². The average molecular weight is 343 g/mol. The first-order valence-electron chi connectivity index (χ1n) is 7.35. The zero-order chi connectivity index (χ0) is 18.0. The van der Waals surface area contributed by atoms with Gasteiger partial charge < -0.3 is 19.1 Å². The number of hydrogen-bond acceptors (Lipinski definition) is 4. The highest BCUT2D eigenvalue weighted by molar-refractivity contribution is 5.81. The molecule has 3 rings (SSSR count). The summed E-state index contributed by atoms with van der Waals surface area (Å²) in [5, 5.41) is 8.85. The van der Waals surface area contributed by atoms with E-state index < -0.39 is 17.4 Å². The van der Waals surface area contributed by atoms with Crippen molar-refractivity contribution in [3.8, 4) is 11.5 Å². The maximum atomic E-state index is 14.3. The van der Waals surface area contributed by atoms with Gasteiger partial charge in [0.25, 0.3) is 0 Å². The fraction of sp³-hybridized carbons (Fsp3) is 0.111. The Morgan fingerprint density at radius 1 is 1.20 bits per heavy atom. The van der Waals surface area contributed by atoms with Crippen molar-refractivity contribution >= 4 is 17.1 Å². The van der Waals surface area contributed by atoms with Crippen molar-refractivity contribution in [2.75, 3.05) is 7.11 Å². The lowest BCUT2D eigenvalue weighted by molar-refractivity contribution is 0.144. The summed E-state index contributed by atoms with van der Waals surface area (Å²) in [4.78, 5) is 23.1. The molecule has 0 aliphatic rings. The van der Waals surface area contributed by atoms with Crippen molar-refractivity contribution < 1.29 is 23.8 Å². The van der Waals surface area contributed by atoms with Crippen molar-refractivity contribution in [2.24, 2.45) is 0 Å². The number of nitrogens with zero attached hydrogens (tertiary/aromatic N) is 1. The minimum Gasteiger partial charge on any atom is -0.497 e. The monoisotopic (exact) mass is 343 g/mol. The quantitative estimate of drug-likeness (QED) is 0.736. The summed E-state index contributed by atoms with van der Waals surface area (Å²) in [6.07, 6.45) is -0.407. The zero-order valence-electron chi connectivity index (χ0n) is 13.2. The van der Waals surface area contributed by atoms with Gasteiger partial charge in [-0.25, -0.2) is 9.18 Å². The van der Waals surface area contributed by atoms with Crippen LogP contribution in [0.1, 0.15) is 5.56 Å². The summed E-state index contributed by atoms with van der Waals surface area (Å²) in [6, 6.07) is 11.2. The van der Waals surface area contributed by atoms with Crippen LogP contribution >= 0.6 is 0 Å². The van der Waals surface area contributed by atoms with E-state index >= 15 is 0 Å². The molecule has 25 heavy (non-hydrogen) atoms. The third-order valence-corrected chi connectivity index (χ3v) is 3.72. The largest absolute Gasteiger partial charge is 0.511 e. The van der Waals surface area contributed by atoms with Crippen LogP contribution in [-0.4, -0.2) is 22.9 Å². The molecule has 7 heteroatoms. The molecule has 0 radical (unpaired) electrons. The number of halogens is 1. The molecule has 0 bridgehead atoms. The fourth-order valence-corrected chi connectivity index (χ4v) is 2.61. The molecule has 0 unspecified atom stereocenters. The topological polar surface area (TPSA) is 77.8 Å². The van der Waals surface area contributed by atoms with Crippen molar-refractivity contribution in [1.29, 1.82) is 0 Å². The van der Waals surface area contributed by atoms with Crippen LogP contribution in [0.4, 0.5) is 9.18 Å². The van der Waals surface area contributed by atoms with Crippen LogP contribution in [0.15, 0.2) is 53.5 Å². The fourth-order valence-electron chi connectivity index (χ4n) is 2.61. The molecule has 1 aromatic heterocycles. The molecule has 3 aromatic rings. The van der Waals surface area contributed by atoms with E-state index in [1.807, 2.05) is 0 Å². The number of carboxylic acid groups (broad SMARTS) is 1. The summed E-state index contributed by atoms with van der Waals surface area (Å²) in [6.45, 7) is 0.220. The van der Waals surface area contributed by atoms with E-state index in [4.69, 9.17) is 9.84 Å². The average Bonchev–Trinajstić information content (AvgIpc) is 2.59. The van der Waals surface area contributed by atoms with Crippen LogP contribution in [0.2, 0.25) is 0 Å². The molecule has 0 atom stereocenters. The Kier molecular flexibility index (Phi) is 4.38. The van der Waals surface area contributed by atoms with Gasteiger partial charge in [-0.2, -0.15) is 0 Å². The molecule has 0 amide bonds. The van der Waals surface area contributed by atoms with Gasteiger partial charge in [-0.15, -0.1) is 0 Å². The highest BCUT2D eigenvalue weighted by Crippen LogP contribution is 2.21. The standard InChI is InChI=1S/C18H14FNO5/c1-24-12-7-5-11(6-8-12)9-20-10-15(25-18(22)23)17(21)13-3-2-4-14(19)16(13)20/h2-8,10H,9H2,1H3,(H,22,23). The number of benzene rings is 2. The van der Waals surface area contributed by atoms with Crippen molar-refractivity contribution in [3.05, 3.63) is 70.3 Å². The SMILES string of the molecule is COc1ccc(Cn2cc(OC(=O)O)c(=O)c3cccc(F)c32)cc1. The third kappa shape index (κ3) is 3.30. The first-order chi connectivity index (χ1) is 12.0. The lowest BCUT2D eigenvalue weighted by atomic mass is 10.1. The molecule has 0 fully saturated rings. The van der Waals surface area contributed by atoms with E-state index in [9.17, 15) is 14.0 Å². The number of methoxy groups -OCH3 is 1. The molecule has 6 nitrogen and oxygen atoms in total. The van der Waals surface area contributed by atoms with Crippen molar-refractivity contribution in [1.82, 2.24) is 4.57 Å². The first kappa shape index (κ1) is 16.5. The minimum atomic E-state index is -1.61. The number of ether oxygens (including phenoxy) is 2. The van der Waals surface area contributed by atoms with E-state index in [0.717, 1.165) is 5.56 Å². The summed E-state index contributed by atoms with van der Waals surface area (Å²) >= 11 is 0. The number of para-hydroxylation sites is 1. The van der Waals surface area contributed by atoms with E-state index in [2.05, 4.69) is 4.74 Å². The normalized spacial score (nSPS) is 10.6. The van der Waals surface area contributed by atoms with Gasteiger partial charge in [0, 0.05) is 6.54 Å². The smallest absolute Gasteiger partial charge is 0.497 e. The van der Waals surface area contributed by atoms with Crippen LogP contribution in [0.5, 0.6) is 11.5 Å². The molecule has 0 saturated carbocycles. The molecule has 128 valence electrons. The Balaban J connectivity index is 2.15. The molecule has 1 N–H and O–H groups in total. The molecule has 1 heterocycles. The Bertz CT molecular complexity index is 995. The lowest BCUT2D eigenvalue weighted by Gasteiger charge is -2.14. The maximum Gasteiger partial charge on any atom is 0.511 e. The lowest BCUT2D eigenvalue weighted by Crippen LogP contribution is -2.17. The Hall–Kier alpha value is -3.35. The van der Waals surface area contributed by atoms with Crippen LogP contribution in [0.3, 0.4) is 0 Å². The zero-order valence-corrected chi connectivity index (χ0v) is 13.2. The van der Waals surface area contributed by atoms with Gasteiger partial charge in [-0.3, -0.25) is 4.79 Å². The number of carbonyl (C=O) groups is 1. The van der Waals surface area contributed by atoms with E-state index in [-0.39, 0.29) is 23.2 Å². The highest BCUT2D eigenvalue weighted by atomic mass is 19.1. The first-order valence-corrected chi connectivity index (χ1v) is 7.35. The van der Waals surface area contributed by atoms with E-state index in [0.29, 0.717) is 5.75 Å². The second-order valence-electron chi connectivity index (χ2n) is 5.30. The van der Waals surface area contributed by atoms with E-state index in [1.54, 1.807) is 31.4 Å². The summed E-state index contributed by atoms with van der Waals surface area (Å²) in [5.74, 6) is -0.279. The molecular formula is C18H14FNO5. The van der Waals surface area contributed by atoms with E-state index in [1.165, 1.54) is 29.0 Å². The summed E-state index contributed by atoms with van der Waals surface area (Å²) in [7, 11) is 1.55. The predicted molar refractivity (Wildman–Crippen MR) is 88.9 cm³/mol. The van der Waals surface area contributed by atoms with Crippen LogP contribution in [0.25, 0.3) is 10.9 Å². The Labute approximate surface area is 141 Å².